The van der Waals surface area contributed by atoms with E-state index in [1.165, 1.54) is 11.3 Å². The lowest BCUT2D eigenvalue weighted by molar-refractivity contribution is -0.121. The summed E-state index contributed by atoms with van der Waals surface area (Å²) >= 11 is 1.48. The van der Waals surface area contributed by atoms with Crippen LogP contribution in [0.5, 0.6) is 11.5 Å². The fraction of sp³-hybridized carbons (Fsp3) is 0.250. The van der Waals surface area contributed by atoms with Crippen LogP contribution in [0.4, 0.5) is 0 Å². The summed E-state index contributed by atoms with van der Waals surface area (Å²) < 4.78 is 10.7. The molecule has 0 aliphatic carbocycles. The van der Waals surface area contributed by atoms with Crippen LogP contribution in [0, 0.1) is 0 Å². The molecule has 6 nitrogen and oxygen atoms in total. The van der Waals surface area contributed by atoms with Gasteiger partial charge in [-0.2, -0.15) is 0 Å². The molecule has 2 heterocycles. The van der Waals surface area contributed by atoms with Gasteiger partial charge in [0.25, 0.3) is 0 Å². The lowest BCUT2D eigenvalue weighted by atomic mass is 10.1. The summed E-state index contributed by atoms with van der Waals surface area (Å²) in [4.78, 5) is 21.3. The number of carbonyl (C=O) groups is 1. The molecule has 3 rings (SSSR count). The van der Waals surface area contributed by atoms with Crippen LogP contribution >= 0.6 is 11.3 Å². The summed E-state index contributed by atoms with van der Waals surface area (Å²) in [5, 5.41) is 5.69. The highest BCUT2D eigenvalue weighted by Gasteiger charge is 2.16. The van der Waals surface area contributed by atoms with Gasteiger partial charge in [-0.15, -0.1) is 11.3 Å². The number of benzene rings is 1. The molecule has 0 radical (unpaired) electrons. The van der Waals surface area contributed by atoms with E-state index in [-0.39, 0.29) is 18.4 Å². The summed E-state index contributed by atoms with van der Waals surface area (Å²) in [7, 11) is 3.21. The summed E-state index contributed by atoms with van der Waals surface area (Å²) in [5.74, 6) is 1.31. The molecule has 0 saturated heterocycles. The molecule has 1 aromatic carbocycles. The molecule has 0 saturated carbocycles. The van der Waals surface area contributed by atoms with Gasteiger partial charge in [0, 0.05) is 17.1 Å². The average molecular weight is 383 g/mol. The lowest BCUT2D eigenvalue weighted by Gasteiger charge is -2.18. The highest BCUT2D eigenvalue weighted by Crippen LogP contribution is 2.29. The largest absolute Gasteiger partial charge is 0.497 e. The summed E-state index contributed by atoms with van der Waals surface area (Å²) in [5.41, 5.74) is 2.39. The van der Waals surface area contributed by atoms with Crippen molar-refractivity contribution in [1.82, 2.24) is 15.3 Å². The Hall–Kier alpha value is -2.93. The van der Waals surface area contributed by atoms with Gasteiger partial charge in [-0.05, 0) is 37.3 Å². The monoisotopic (exact) mass is 383 g/mol. The second kappa shape index (κ2) is 8.64. The van der Waals surface area contributed by atoms with Gasteiger partial charge in [-0.1, -0.05) is 6.07 Å². The molecule has 2 aromatic heterocycles. The van der Waals surface area contributed by atoms with Crippen LogP contribution in [0.1, 0.15) is 24.2 Å². The van der Waals surface area contributed by atoms with Crippen molar-refractivity contribution in [2.45, 2.75) is 19.4 Å². The van der Waals surface area contributed by atoms with E-state index < -0.39 is 0 Å². The first-order valence-electron chi connectivity index (χ1n) is 8.47. The predicted molar refractivity (Wildman–Crippen MR) is 105 cm³/mol. The fourth-order valence-electron chi connectivity index (χ4n) is 2.71. The molecular weight excluding hydrogens is 362 g/mol. The Bertz CT molecular complexity index is 912. The van der Waals surface area contributed by atoms with Crippen molar-refractivity contribution in [3.05, 3.63) is 59.2 Å². The Morgan fingerprint density at radius 2 is 2.07 bits per heavy atom. The number of pyridine rings is 1. The number of ether oxygens (including phenoxy) is 2. The number of hydrogen-bond donors (Lipinski definition) is 1. The quantitative estimate of drug-likeness (QED) is 0.674. The first-order chi connectivity index (χ1) is 13.1. The van der Waals surface area contributed by atoms with Gasteiger partial charge in [0.2, 0.25) is 5.91 Å². The van der Waals surface area contributed by atoms with Crippen molar-refractivity contribution >= 4 is 17.2 Å². The second-order valence-electron chi connectivity index (χ2n) is 5.93. The van der Waals surface area contributed by atoms with Gasteiger partial charge in [0.15, 0.2) is 0 Å². The zero-order valence-electron chi connectivity index (χ0n) is 15.4. The number of aromatic nitrogens is 2. The van der Waals surface area contributed by atoms with E-state index in [2.05, 4.69) is 15.3 Å². The summed E-state index contributed by atoms with van der Waals surface area (Å²) in [6, 6.07) is 11.0. The minimum absolute atomic E-state index is 0.106. The first-order valence-corrected chi connectivity index (χ1v) is 9.35. The van der Waals surface area contributed by atoms with Crippen LogP contribution in [-0.4, -0.2) is 30.1 Å². The zero-order chi connectivity index (χ0) is 19.2. The molecule has 0 bridgehead atoms. The van der Waals surface area contributed by atoms with Crippen molar-refractivity contribution in [1.29, 1.82) is 0 Å². The molecule has 0 fully saturated rings. The van der Waals surface area contributed by atoms with E-state index in [0.29, 0.717) is 11.5 Å². The lowest BCUT2D eigenvalue weighted by Crippen LogP contribution is -2.28. The Labute approximate surface area is 162 Å². The smallest absolute Gasteiger partial charge is 0.226 e. The number of rotatable bonds is 7. The summed E-state index contributed by atoms with van der Waals surface area (Å²) in [6.45, 7) is 1.91. The van der Waals surface area contributed by atoms with Crippen molar-refractivity contribution in [3.63, 3.8) is 0 Å². The SMILES string of the molecule is COc1ccc(OC)c([C@@H](C)NC(=O)Cc2csc(-c3ccccn3)n2)c1. The fourth-order valence-corrected chi connectivity index (χ4v) is 3.50. The van der Waals surface area contributed by atoms with Gasteiger partial charge in [-0.25, -0.2) is 4.98 Å². The maximum Gasteiger partial charge on any atom is 0.226 e. The van der Waals surface area contributed by atoms with Gasteiger partial charge >= 0.3 is 0 Å². The highest BCUT2D eigenvalue weighted by molar-refractivity contribution is 7.13. The van der Waals surface area contributed by atoms with Crippen LogP contribution < -0.4 is 14.8 Å². The number of hydrogen-bond acceptors (Lipinski definition) is 6. The third-order valence-electron chi connectivity index (χ3n) is 4.06. The van der Waals surface area contributed by atoms with Crippen molar-refractivity contribution in [2.75, 3.05) is 14.2 Å². The molecule has 0 aliphatic rings. The molecule has 1 amide bonds. The molecule has 0 aliphatic heterocycles. The molecule has 27 heavy (non-hydrogen) atoms. The number of amides is 1. The van der Waals surface area contributed by atoms with Crippen LogP contribution in [0.3, 0.4) is 0 Å². The molecular formula is C20H21N3O3S. The second-order valence-corrected chi connectivity index (χ2v) is 6.79. The van der Waals surface area contributed by atoms with Crippen molar-refractivity contribution < 1.29 is 14.3 Å². The molecule has 3 aromatic rings. The number of nitrogens with one attached hydrogen (secondary N) is 1. The van der Waals surface area contributed by atoms with Gasteiger partial charge < -0.3 is 14.8 Å². The van der Waals surface area contributed by atoms with Crippen molar-refractivity contribution in [3.8, 4) is 22.2 Å². The third-order valence-corrected chi connectivity index (χ3v) is 4.97. The van der Waals surface area contributed by atoms with Crippen molar-refractivity contribution in [2.24, 2.45) is 0 Å². The number of thiazole rings is 1. The Kier molecular flexibility index (Phi) is 6.03. The normalized spacial score (nSPS) is 11.7. The standard InChI is InChI=1S/C20H21N3O3S/c1-13(16-11-15(25-2)7-8-18(16)26-3)22-19(24)10-14-12-27-20(23-14)17-6-4-5-9-21-17/h4-9,11-13H,10H2,1-3H3,(H,22,24)/t13-/m1/s1. The van der Waals surface area contributed by atoms with E-state index in [9.17, 15) is 4.79 Å². The average Bonchev–Trinajstić information content (AvgIpc) is 3.16. The van der Waals surface area contributed by atoms with Crippen LogP contribution in [0.15, 0.2) is 48.0 Å². The summed E-state index contributed by atoms with van der Waals surface area (Å²) in [6.07, 6.45) is 1.94. The van der Waals surface area contributed by atoms with Crippen LogP contribution in [0.25, 0.3) is 10.7 Å². The molecule has 7 heteroatoms. The van der Waals surface area contributed by atoms with Gasteiger partial charge in [-0.3, -0.25) is 9.78 Å². The number of methoxy groups -OCH3 is 2. The third kappa shape index (κ3) is 4.62. The number of carbonyl (C=O) groups excluding carboxylic acids is 1. The maximum absolute atomic E-state index is 12.5. The topological polar surface area (TPSA) is 73.3 Å². The Morgan fingerprint density at radius 1 is 1.22 bits per heavy atom. The van der Waals surface area contributed by atoms with Crippen LogP contribution in [0.2, 0.25) is 0 Å². The van der Waals surface area contributed by atoms with Gasteiger partial charge in [0.05, 0.1) is 38.1 Å². The Morgan fingerprint density at radius 3 is 2.78 bits per heavy atom. The predicted octanol–water partition coefficient (Wildman–Crippen LogP) is 3.64. The van der Waals surface area contributed by atoms with E-state index >= 15 is 0 Å². The van der Waals surface area contributed by atoms with Gasteiger partial charge in [0.1, 0.15) is 16.5 Å². The molecule has 1 atom stereocenters. The minimum Gasteiger partial charge on any atom is -0.497 e. The van der Waals surface area contributed by atoms with E-state index in [4.69, 9.17) is 9.47 Å². The molecule has 140 valence electrons. The molecule has 0 unspecified atom stereocenters. The maximum atomic E-state index is 12.5. The highest BCUT2D eigenvalue weighted by atomic mass is 32.1. The first kappa shape index (κ1) is 18.8. The minimum atomic E-state index is -0.226. The molecule has 0 spiro atoms. The Balaban J connectivity index is 1.67. The number of nitrogens with zero attached hydrogens (tertiary/aromatic N) is 2. The van der Waals surface area contributed by atoms with E-state index in [0.717, 1.165) is 22.0 Å². The van der Waals surface area contributed by atoms with E-state index in [1.54, 1.807) is 20.4 Å². The van der Waals surface area contributed by atoms with E-state index in [1.807, 2.05) is 48.7 Å². The molecule has 1 N–H and O–H groups in total. The zero-order valence-corrected chi connectivity index (χ0v) is 16.2. The van der Waals surface area contributed by atoms with Crippen LogP contribution in [-0.2, 0) is 11.2 Å².